The maximum Gasteiger partial charge on any atom is 0.310 e. The van der Waals surface area contributed by atoms with Gasteiger partial charge in [0.25, 0.3) is 5.91 Å². The summed E-state index contributed by atoms with van der Waals surface area (Å²) >= 11 is 0. The smallest absolute Gasteiger partial charge is 0.310 e. The van der Waals surface area contributed by atoms with Crippen LogP contribution < -0.4 is 5.32 Å². The van der Waals surface area contributed by atoms with Gasteiger partial charge in [-0.25, -0.2) is 0 Å². The summed E-state index contributed by atoms with van der Waals surface area (Å²) in [6.45, 7) is 0.524. The Balaban J connectivity index is 2.08. The Morgan fingerprint density at radius 3 is 2.42 bits per heavy atom. The SMILES string of the molecule is CN(C)C1(CNC(=O)c2ccc([N+](=O)[O-])c(O)c2)CCCCCC1. The van der Waals surface area contributed by atoms with Crippen LogP contribution in [0.1, 0.15) is 48.9 Å². The molecule has 1 aliphatic rings. The van der Waals surface area contributed by atoms with Gasteiger partial charge in [0.15, 0.2) is 5.75 Å². The minimum Gasteiger partial charge on any atom is -0.502 e. The lowest BCUT2D eigenvalue weighted by Crippen LogP contribution is -2.52. The number of phenolic OH excluding ortho intramolecular Hbond substituents is 1. The fourth-order valence-corrected chi connectivity index (χ4v) is 3.33. The molecule has 132 valence electrons. The van der Waals surface area contributed by atoms with Crippen molar-refractivity contribution in [1.82, 2.24) is 10.2 Å². The Morgan fingerprint density at radius 2 is 1.92 bits per heavy atom. The first kappa shape index (κ1) is 18.2. The standard InChI is InChI=1S/C17H25N3O4/c1-19(2)17(9-5-3-4-6-10-17)12-18-16(22)13-7-8-14(20(23)24)15(21)11-13/h7-8,11,21H,3-6,9-10,12H2,1-2H3,(H,18,22). The molecule has 0 unspecified atom stereocenters. The quantitative estimate of drug-likeness (QED) is 0.490. The summed E-state index contributed by atoms with van der Waals surface area (Å²) in [5.74, 6) is -0.824. The number of hydrogen-bond acceptors (Lipinski definition) is 5. The van der Waals surface area contributed by atoms with Gasteiger partial charge < -0.3 is 15.3 Å². The van der Waals surface area contributed by atoms with Crippen molar-refractivity contribution in [3.05, 3.63) is 33.9 Å². The fourth-order valence-electron chi connectivity index (χ4n) is 3.33. The lowest BCUT2D eigenvalue weighted by molar-refractivity contribution is -0.385. The number of nitro groups is 1. The number of aromatic hydroxyl groups is 1. The van der Waals surface area contributed by atoms with Crippen LogP contribution in [-0.4, -0.2) is 47.0 Å². The predicted molar refractivity (Wildman–Crippen MR) is 91.2 cm³/mol. The average molecular weight is 335 g/mol. The number of nitrogens with zero attached hydrogens (tertiary/aromatic N) is 2. The summed E-state index contributed by atoms with van der Waals surface area (Å²) in [4.78, 5) is 24.6. The minimum atomic E-state index is -0.677. The molecule has 0 heterocycles. The highest BCUT2D eigenvalue weighted by Gasteiger charge is 2.33. The largest absolute Gasteiger partial charge is 0.502 e. The first-order valence-electron chi connectivity index (χ1n) is 8.29. The molecule has 24 heavy (non-hydrogen) atoms. The number of phenols is 1. The molecule has 0 aromatic heterocycles. The van der Waals surface area contributed by atoms with Crippen molar-refractivity contribution in [1.29, 1.82) is 0 Å². The van der Waals surface area contributed by atoms with Crippen molar-refractivity contribution in [2.45, 2.75) is 44.1 Å². The topological polar surface area (TPSA) is 95.7 Å². The number of likely N-dealkylation sites (N-methyl/N-ethyl adjacent to an activating group) is 1. The third-order valence-corrected chi connectivity index (χ3v) is 5.00. The van der Waals surface area contributed by atoms with Gasteiger partial charge >= 0.3 is 5.69 Å². The highest BCUT2D eigenvalue weighted by molar-refractivity contribution is 5.95. The van der Waals surface area contributed by atoms with Crippen molar-refractivity contribution < 1.29 is 14.8 Å². The van der Waals surface area contributed by atoms with E-state index in [9.17, 15) is 20.0 Å². The molecule has 7 nitrogen and oxygen atoms in total. The molecule has 1 amide bonds. The van der Waals surface area contributed by atoms with Crippen molar-refractivity contribution in [2.24, 2.45) is 0 Å². The van der Waals surface area contributed by atoms with Crippen LogP contribution in [-0.2, 0) is 0 Å². The molecule has 0 bridgehead atoms. The van der Waals surface area contributed by atoms with E-state index in [-0.39, 0.29) is 17.0 Å². The van der Waals surface area contributed by atoms with Crippen LogP contribution in [0.3, 0.4) is 0 Å². The molecular formula is C17H25N3O4. The van der Waals surface area contributed by atoms with Gasteiger partial charge in [0.05, 0.1) is 4.92 Å². The molecule has 0 spiro atoms. The van der Waals surface area contributed by atoms with Crippen molar-refractivity contribution in [3.8, 4) is 5.75 Å². The van der Waals surface area contributed by atoms with E-state index in [0.29, 0.717) is 6.54 Å². The maximum atomic E-state index is 12.4. The van der Waals surface area contributed by atoms with Crippen LogP contribution in [0.5, 0.6) is 5.75 Å². The summed E-state index contributed by atoms with van der Waals surface area (Å²) in [5, 5.41) is 23.3. The number of nitrogens with one attached hydrogen (secondary N) is 1. The summed E-state index contributed by atoms with van der Waals surface area (Å²) in [7, 11) is 4.07. The number of carbonyl (C=O) groups is 1. The Labute approximate surface area is 141 Å². The van der Waals surface area contributed by atoms with Crippen LogP contribution in [0.15, 0.2) is 18.2 Å². The first-order valence-corrected chi connectivity index (χ1v) is 8.29. The number of carbonyl (C=O) groups excluding carboxylic acids is 1. The molecule has 1 aromatic carbocycles. The van der Waals surface area contributed by atoms with Gasteiger partial charge in [-0.2, -0.15) is 0 Å². The van der Waals surface area contributed by atoms with Crippen LogP contribution in [0, 0.1) is 10.1 Å². The van der Waals surface area contributed by atoms with Crippen molar-refractivity contribution in [2.75, 3.05) is 20.6 Å². The zero-order valence-electron chi connectivity index (χ0n) is 14.2. The summed E-state index contributed by atoms with van der Waals surface area (Å²) in [5.41, 5.74) is -0.240. The van der Waals surface area contributed by atoms with Crippen LogP contribution in [0.4, 0.5) is 5.69 Å². The number of nitro benzene ring substituents is 1. The second-order valence-corrected chi connectivity index (χ2v) is 6.68. The Bertz CT molecular complexity index is 608. The molecular weight excluding hydrogens is 310 g/mol. The Morgan fingerprint density at radius 1 is 1.29 bits per heavy atom. The van der Waals surface area contributed by atoms with Gasteiger partial charge in [-0.3, -0.25) is 14.9 Å². The van der Waals surface area contributed by atoms with E-state index in [1.54, 1.807) is 0 Å². The number of rotatable bonds is 5. The zero-order valence-corrected chi connectivity index (χ0v) is 14.2. The number of benzene rings is 1. The number of hydrogen-bond donors (Lipinski definition) is 2. The van der Waals surface area contributed by atoms with Gasteiger partial charge in [-0.05, 0) is 39.1 Å². The predicted octanol–water partition coefficient (Wildman–Crippen LogP) is 2.68. The lowest BCUT2D eigenvalue weighted by atomic mass is 9.88. The normalized spacial score (nSPS) is 17.3. The third-order valence-electron chi connectivity index (χ3n) is 5.00. The average Bonchev–Trinajstić information content (AvgIpc) is 2.78. The molecule has 0 atom stereocenters. The van der Waals surface area contributed by atoms with E-state index < -0.39 is 16.4 Å². The van der Waals surface area contributed by atoms with Crippen LogP contribution >= 0.6 is 0 Å². The molecule has 7 heteroatoms. The number of amides is 1. The van der Waals surface area contributed by atoms with E-state index in [1.165, 1.54) is 18.9 Å². The third kappa shape index (κ3) is 4.03. The molecule has 1 aromatic rings. The molecule has 0 radical (unpaired) electrons. The Hall–Kier alpha value is -2.15. The van der Waals surface area contributed by atoms with Gasteiger partial charge in [0.1, 0.15) is 0 Å². The lowest BCUT2D eigenvalue weighted by Gasteiger charge is -2.39. The van der Waals surface area contributed by atoms with E-state index in [4.69, 9.17) is 0 Å². The molecule has 0 aliphatic heterocycles. The maximum absolute atomic E-state index is 12.4. The summed E-state index contributed by atoms with van der Waals surface area (Å²) < 4.78 is 0. The zero-order chi connectivity index (χ0) is 17.7. The minimum absolute atomic E-state index is 0.0605. The fraction of sp³-hybridized carbons (Fsp3) is 0.588. The molecule has 1 aliphatic carbocycles. The molecule has 1 saturated carbocycles. The molecule has 2 rings (SSSR count). The molecule has 0 saturated heterocycles. The highest BCUT2D eigenvalue weighted by Crippen LogP contribution is 2.31. The van der Waals surface area contributed by atoms with Crippen molar-refractivity contribution >= 4 is 11.6 Å². The van der Waals surface area contributed by atoms with E-state index in [2.05, 4.69) is 10.2 Å². The first-order chi connectivity index (χ1) is 11.4. The van der Waals surface area contributed by atoms with Gasteiger partial charge in [0, 0.05) is 23.7 Å². The van der Waals surface area contributed by atoms with E-state index in [1.807, 2.05) is 14.1 Å². The van der Waals surface area contributed by atoms with Gasteiger partial charge in [-0.15, -0.1) is 0 Å². The summed E-state index contributed by atoms with van der Waals surface area (Å²) in [6.07, 6.45) is 6.80. The Kier molecular flexibility index (Phi) is 5.77. The molecule has 1 fully saturated rings. The van der Waals surface area contributed by atoms with E-state index in [0.717, 1.165) is 37.8 Å². The van der Waals surface area contributed by atoms with Gasteiger partial charge in [0.2, 0.25) is 0 Å². The van der Waals surface area contributed by atoms with Crippen LogP contribution in [0.25, 0.3) is 0 Å². The van der Waals surface area contributed by atoms with Crippen LogP contribution in [0.2, 0.25) is 0 Å². The van der Waals surface area contributed by atoms with Crippen molar-refractivity contribution in [3.63, 3.8) is 0 Å². The second kappa shape index (κ2) is 7.61. The summed E-state index contributed by atoms with van der Waals surface area (Å²) in [6, 6.07) is 3.66. The highest BCUT2D eigenvalue weighted by atomic mass is 16.6. The second-order valence-electron chi connectivity index (χ2n) is 6.68. The molecule has 2 N–H and O–H groups in total. The monoisotopic (exact) mass is 335 g/mol. The van der Waals surface area contributed by atoms with Gasteiger partial charge in [-0.1, -0.05) is 25.7 Å². The van der Waals surface area contributed by atoms with E-state index >= 15 is 0 Å².